The van der Waals surface area contributed by atoms with Crippen LogP contribution in [0.25, 0.3) is 5.48 Å². The Hall–Kier alpha value is 0.146. The van der Waals surface area contributed by atoms with E-state index in [2.05, 4.69) is 68.5 Å². The van der Waals surface area contributed by atoms with Crippen molar-refractivity contribution in [2.24, 2.45) is 0 Å². The molecule has 0 aliphatic rings. The first-order valence-corrected chi connectivity index (χ1v) is 9.49. The maximum Gasteiger partial charge on any atom is 1.00 e. The minimum atomic E-state index is 0. The zero-order valence-electron chi connectivity index (χ0n) is 16.7. The van der Waals surface area contributed by atoms with Crippen LogP contribution in [0.2, 0.25) is 0 Å². The average molecular weight is 399 g/mol. The summed E-state index contributed by atoms with van der Waals surface area (Å²) in [7, 11) is 0. The van der Waals surface area contributed by atoms with Crippen LogP contribution in [0.1, 0.15) is 37.8 Å². The summed E-state index contributed by atoms with van der Waals surface area (Å²) in [6.45, 7) is 9.06. The molecule has 0 saturated heterocycles. The topological polar surface area (TPSA) is 35.4 Å². The van der Waals surface area contributed by atoms with Crippen LogP contribution in [-0.4, -0.2) is 19.6 Å². The maximum absolute atomic E-state index is 5.22. The summed E-state index contributed by atoms with van der Waals surface area (Å²) in [5.41, 5.74) is 6.74. The molecule has 0 atom stereocenters. The van der Waals surface area contributed by atoms with Crippen molar-refractivity contribution in [1.82, 2.24) is 5.32 Å². The predicted molar refractivity (Wildman–Crippen MR) is 111 cm³/mol. The van der Waals surface area contributed by atoms with Gasteiger partial charge in [-0.25, -0.2) is 0 Å². The molecule has 1 N–H and O–H groups in total. The molecule has 2 aromatic rings. The second-order valence-electron chi connectivity index (χ2n) is 5.88. The number of thiol groups is 1. The molecule has 5 heteroatoms. The summed E-state index contributed by atoms with van der Waals surface area (Å²) in [6.07, 6.45) is 3.57. The summed E-state index contributed by atoms with van der Waals surface area (Å²) in [5.74, 6) is 0.756. The van der Waals surface area contributed by atoms with Gasteiger partial charge >= 0.3 is 51.4 Å². The van der Waals surface area contributed by atoms with E-state index in [9.17, 15) is 0 Å². The minimum Gasteiger partial charge on any atom is -0.587 e. The molecule has 2 rings (SSSR count). The SMILES string of the molecule is CCCCNCC[N-]Oc1ccc(S)cc1.CCc1ccc(C)cc1.[K+]. The number of hydrogen-bond donors (Lipinski definition) is 2. The first-order chi connectivity index (χ1) is 12.2. The molecule has 0 aromatic heterocycles. The summed E-state index contributed by atoms with van der Waals surface area (Å²) >= 11 is 4.19. The monoisotopic (exact) mass is 398 g/mol. The summed E-state index contributed by atoms with van der Waals surface area (Å²) in [6, 6.07) is 16.1. The van der Waals surface area contributed by atoms with Crippen LogP contribution < -0.4 is 61.5 Å². The summed E-state index contributed by atoms with van der Waals surface area (Å²) in [4.78, 5) is 6.14. The van der Waals surface area contributed by atoms with Gasteiger partial charge in [0.05, 0.1) is 0 Å². The van der Waals surface area contributed by atoms with E-state index in [-0.39, 0.29) is 51.4 Å². The second kappa shape index (κ2) is 17.3. The standard InChI is InChI=1S/C12H19N2OS.C9H12.K/c1-2-3-8-13-9-10-14-15-11-4-6-12(16)7-5-11;1-3-9-6-4-8(2)5-7-9;/h4-7,13,16H,2-3,8-10H2,1H3;4-7H,3H2,1-2H3;/q-1;;+1. The van der Waals surface area contributed by atoms with Gasteiger partial charge in [-0.2, -0.15) is 0 Å². The number of hydroxylamine groups is 1. The molecule has 0 aliphatic heterocycles. The Kier molecular flexibility index (Phi) is 17.4. The summed E-state index contributed by atoms with van der Waals surface area (Å²) < 4.78 is 0. The van der Waals surface area contributed by atoms with Gasteiger partial charge in [0.1, 0.15) is 5.75 Å². The van der Waals surface area contributed by atoms with Gasteiger partial charge in [-0.1, -0.05) is 50.1 Å². The summed E-state index contributed by atoms with van der Waals surface area (Å²) in [5, 5.41) is 3.30. The van der Waals surface area contributed by atoms with Crippen molar-refractivity contribution < 1.29 is 56.2 Å². The van der Waals surface area contributed by atoms with Gasteiger partial charge in [-0.3, -0.25) is 0 Å². The molecule has 0 fully saturated rings. The molecule has 0 aliphatic carbocycles. The smallest absolute Gasteiger partial charge is 0.587 e. The van der Waals surface area contributed by atoms with Gasteiger partial charge in [-0.05, 0) is 62.7 Å². The third-order valence-corrected chi connectivity index (χ3v) is 3.92. The van der Waals surface area contributed by atoms with Gasteiger partial charge in [0, 0.05) is 4.90 Å². The van der Waals surface area contributed by atoms with E-state index in [1.807, 2.05) is 24.3 Å². The fourth-order valence-electron chi connectivity index (χ4n) is 2.00. The molecule has 0 heterocycles. The Morgan fingerprint density at radius 1 is 0.962 bits per heavy atom. The van der Waals surface area contributed by atoms with Crippen LogP contribution >= 0.6 is 12.6 Å². The molecule has 3 nitrogen and oxygen atoms in total. The van der Waals surface area contributed by atoms with Crippen LogP contribution in [-0.2, 0) is 6.42 Å². The molecule has 0 radical (unpaired) electrons. The quantitative estimate of drug-likeness (QED) is 0.295. The van der Waals surface area contributed by atoms with Crippen molar-refractivity contribution >= 4 is 12.6 Å². The third kappa shape index (κ3) is 13.3. The third-order valence-electron chi connectivity index (χ3n) is 3.62. The second-order valence-corrected chi connectivity index (χ2v) is 6.40. The van der Waals surface area contributed by atoms with Crippen LogP contribution in [0, 0.1) is 6.92 Å². The van der Waals surface area contributed by atoms with E-state index < -0.39 is 0 Å². The fraction of sp³-hybridized carbons (Fsp3) is 0.429. The molecule has 0 saturated carbocycles. The molecule has 26 heavy (non-hydrogen) atoms. The van der Waals surface area contributed by atoms with Crippen LogP contribution in [0.15, 0.2) is 53.4 Å². The van der Waals surface area contributed by atoms with Crippen molar-refractivity contribution in [3.8, 4) is 5.75 Å². The van der Waals surface area contributed by atoms with E-state index in [1.54, 1.807) is 0 Å². The normalized spacial score (nSPS) is 9.69. The van der Waals surface area contributed by atoms with Gasteiger partial charge in [0.25, 0.3) is 0 Å². The largest absolute Gasteiger partial charge is 1.00 e. The van der Waals surface area contributed by atoms with Gasteiger partial charge < -0.3 is 15.6 Å². The van der Waals surface area contributed by atoms with Crippen LogP contribution in [0.3, 0.4) is 0 Å². The molecular weight excluding hydrogens is 367 g/mol. The van der Waals surface area contributed by atoms with E-state index in [0.29, 0.717) is 6.54 Å². The molecule has 0 amide bonds. The zero-order chi connectivity index (χ0) is 18.3. The van der Waals surface area contributed by atoms with Crippen molar-refractivity contribution in [3.05, 3.63) is 65.1 Å². The zero-order valence-corrected chi connectivity index (χ0v) is 20.7. The number of hydrogen-bond acceptors (Lipinski definition) is 3. The minimum absolute atomic E-state index is 0. The number of benzene rings is 2. The predicted octanol–water partition coefficient (Wildman–Crippen LogP) is 2.59. The van der Waals surface area contributed by atoms with Crippen molar-refractivity contribution in [1.29, 1.82) is 0 Å². The molecular formula is C21H31KN2OS. The number of rotatable bonds is 9. The Labute approximate surface area is 207 Å². The molecule has 0 bridgehead atoms. The van der Waals surface area contributed by atoms with E-state index >= 15 is 0 Å². The Morgan fingerprint density at radius 3 is 2.19 bits per heavy atom. The Bertz CT molecular complexity index is 561. The number of nitrogens with one attached hydrogen (secondary N) is 1. The molecule has 138 valence electrons. The Morgan fingerprint density at radius 2 is 1.62 bits per heavy atom. The molecule has 2 aromatic carbocycles. The number of unbranched alkanes of at least 4 members (excludes halogenated alkanes) is 1. The Balaban J connectivity index is 0.000000532. The number of nitrogens with zero attached hydrogens (tertiary/aromatic N) is 1. The van der Waals surface area contributed by atoms with Crippen LogP contribution in [0.4, 0.5) is 0 Å². The maximum atomic E-state index is 5.22. The van der Waals surface area contributed by atoms with E-state index in [1.165, 1.54) is 24.0 Å². The first-order valence-electron chi connectivity index (χ1n) is 9.04. The van der Waals surface area contributed by atoms with Gasteiger partial charge in [-0.15, -0.1) is 19.2 Å². The average Bonchev–Trinajstić information content (AvgIpc) is 2.64. The van der Waals surface area contributed by atoms with Crippen molar-refractivity contribution in [2.75, 3.05) is 19.6 Å². The molecule has 0 unspecified atom stereocenters. The van der Waals surface area contributed by atoms with Crippen molar-refractivity contribution in [3.63, 3.8) is 0 Å². The first kappa shape index (κ1) is 26.1. The number of aryl methyl sites for hydroxylation is 2. The van der Waals surface area contributed by atoms with Gasteiger partial charge in [0.15, 0.2) is 0 Å². The van der Waals surface area contributed by atoms with E-state index in [4.69, 9.17) is 4.84 Å². The molecule has 0 spiro atoms. The van der Waals surface area contributed by atoms with Crippen molar-refractivity contribution in [2.45, 2.75) is 44.9 Å². The van der Waals surface area contributed by atoms with E-state index in [0.717, 1.165) is 30.2 Å². The fourth-order valence-corrected chi connectivity index (χ4v) is 2.15. The van der Waals surface area contributed by atoms with Crippen LogP contribution in [0.5, 0.6) is 5.75 Å². The van der Waals surface area contributed by atoms with Gasteiger partial charge in [0.2, 0.25) is 0 Å².